The zero-order valence-corrected chi connectivity index (χ0v) is 11.3. The minimum absolute atomic E-state index is 0.524. The Balaban J connectivity index is 1.72. The van der Waals surface area contributed by atoms with Crippen LogP contribution in [-0.2, 0) is 0 Å². The first kappa shape index (κ1) is 11.7. The van der Waals surface area contributed by atoms with Gasteiger partial charge in [0.25, 0.3) is 0 Å². The van der Waals surface area contributed by atoms with Crippen LogP contribution in [-0.4, -0.2) is 11.0 Å². The van der Waals surface area contributed by atoms with Gasteiger partial charge in [0.05, 0.1) is 11.1 Å². The second-order valence-corrected chi connectivity index (χ2v) is 6.03. The fourth-order valence-electron chi connectivity index (χ4n) is 3.00. The van der Waals surface area contributed by atoms with E-state index < -0.39 is 0 Å². The average Bonchev–Trinajstić information content (AvgIpc) is 3.37. The van der Waals surface area contributed by atoms with Gasteiger partial charge in [-0.3, -0.25) is 0 Å². The van der Waals surface area contributed by atoms with Gasteiger partial charge >= 0.3 is 0 Å². The van der Waals surface area contributed by atoms with Crippen LogP contribution in [0.5, 0.6) is 0 Å². The molecule has 0 spiro atoms. The molecule has 2 aromatic rings. The van der Waals surface area contributed by atoms with Crippen LogP contribution < -0.4 is 5.32 Å². The Bertz CT molecular complexity index is 681. The second-order valence-electron chi connectivity index (χ2n) is 6.03. The summed E-state index contributed by atoms with van der Waals surface area (Å²) in [6, 6.07) is 12.7. The van der Waals surface area contributed by atoms with Crippen molar-refractivity contribution < 1.29 is 0 Å². The van der Waals surface area contributed by atoms with Crippen LogP contribution in [0.1, 0.15) is 31.2 Å². The number of benzene rings is 1. The number of nitriles is 1. The molecule has 0 bridgehead atoms. The maximum absolute atomic E-state index is 9.37. The quantitative estimate of drug-likeness (QED) is 0.914. The summed E-state index contributed by atoms with van der Waals surface area (Å²) in [5, 5.41) is 14.0. The lowest BCUT2D eigenvalue weighted by atomic mass is 10.1. The number of hydrogen-bond donors (Lipinski definition) is 1. The summed E-state index contributed by atoms with van der Waals surface area (Å²) in [5.74, 6) is 2.36. The highest BCUT2D eigenvalue weighted by Gasteiger charge is 2.41. The van der Waals surface area contributed by atoms with E-state index >= 15 is 0 Å². The fourth-order valence-corrected chi connectivity index (χ4v) is 3.00. The molecule has 20 heavy (non-hydrogen) atoms. The zero-order chi connectivity index (χ0) is 13.5. The Kier molecular flexibility index (Phi) is 2.63. The molecule has 0 atom stereocenters. The Hall–Kier alpha value is -2.08. The van der Waals surface area contributed by atoms with Crippen molar-refractivity contribution in [1.82, 2.24) is 4.98 Å². The van der Waals surface area contributed by atoms with Gasteiger partial charge in [-0.1, -0.05) is 18.2 Å². The van der Waals surface area contributed by atoms with Crippen LogP contribution in [0.15, 0.2) is 30.3 Å². The van der Waals surface area contributed by atoms with Gasteiger partial charge in [0, 0.05) is 11.4 Å². The Morgan fingerprint density at radius 2 is 1.85 bits per heavy atom. The number of fused-ring (bicyclic) bond motifs is 1. The van der Waals surface area contributed by atoms with Gasteiger partial charge in [-0.05, 0) is 49.7 Å². The van der Waals surface area contributed by atoms with Crippen molar-refractivity contribution >= 4 is 16.7 Å². The molecule has 0 unspecified atom stereocenters. The summed E-state index contributed by atoms with van der Waals surface area (Å²) < 4.78 is 0. The maximum atomic E-state index is 9.37. The van der Waals surface area contributed by atoms with E-state index in [0.717, 1.165) is 28.6 Å². The molecule has 4 rings (SSSR count). The summed E-state index contributed by atoms with van der Waals surface area (Å²) >= 11 is 0. The van der Waals surface area contributed by atoms with Gasteiger partial charge < -0.3 is 5.32 Å². The first-order valence-electron chi connectivity index (χ1n) is 7.41. The third-order valence-corrected chi connectivity index (χ3v) is 4.41. The minimum Gasteiger partial charge on any atom is -0.366 e. The summed E-state index contributed by atoms with van der Waals surface area (Å²) in [6.07, 6.45) is 5.29. The van der Waals surface area contributed by atoms with Gasteiger partial charge in [0.2, 0.25) is 0 Å². The third-order valence-electron chi connectivity index (χ3n) is 4.41. The molecular weight excluding hydrogens is 246 g/mol. The van der Waals surface area contributed by atoms with E-state index in [1.165, 1.54) is 25.7 Å². The van der Waals surface area contributed by atoms with Crippen molar-refractivity contribution in [1.29, 1.82) is 5.26 Å². The molecule has 1 aromatic heterocycles. The molecular formula is C17H17N3. The average molecular weight is 263 g/mol. The Labute approximate surface area is 118 Å². The molecule has 1 heterocycles. The van der Waals surface area contributed by atoms with Gasteiger partial charge in [-0.2, -0.15) is 5.26 Å². The van der Waals surface area contributed by atoms with Crippen LogP contribution in [0, 0.1) is 23.2 Å². The minimum atomic E-state index is 0.524. The Morgan fingerprint density at radius 3 is 2.50 bits per heavy atom. The highest BCUT2D eigenvalue weighted by molar-refractivity contribution is 5.82. The number of nitrogens with one attached hydrogen (secondary N) is 1. The van der Waals surface area contributed by atoms with E-state index in [4.69, 9.17) is 0 Å². The molecule has 2 aliphatic carbocycles. The summed E-state index contributed by atoms with van der Waals surface area (Å²) in [7, 11) is 0. The van der Waals surface area contributed by atoms with Crippen molar-refractivity contribution in [3.8, 4) is 6.07 Å². The lowest BCUT2D eigenvalue weighted by Crippen LogP contribution is -2.25. The fraction of sp³-hybridized carbons (Fsp3) is 0.412. The van der Waals surface area contributed by atoms with Crippen LogP contribution in [0.3, 0.4) is 0 Å². The van der Waals surface area contributed by atoms with Crippen molar-refractivity contribution in [2.45, 2.75) is 31.7 Å². The van der Waals surface area contributed by atoms with Crippen LogP contribution in [0.2, 0.25) is 0 Å². The van der Waals surface area contributed by atoms with Crippen LogP contribution in [0.25, 0.3) is 10.9 Å². The molecule has 0 saturated heterocycles. The van der Waals surface area contributed by atoms with Gasteiger partial charge in [0.1, 0.15) is 11.9 Å². The predicted molar refractivity (Wildman–Crippen MR) is 79.3 cm³/mol. The highest BCUT2D eigenvalue weighted by atomic mass is 15.0. The first-order valence-corrected chi connectivity index (χ1v) is 7.41. The van der Waals surface area contributed by atoms with E-state index in [-0.39, 0.29) is 0 Å². The lowest BCUT2D eigenvalue weighted by molar-refractivity contribution is 0.566. The smallest absolute Gasteiger partial charge is 0.144 e. The van der Waals surface area contributed by atoms with Gasteiger partial charge in [0.15, 0.2) is 0 Å². The monoisotopic (exact) mass is 263 g/mol. The standard InChI is InChI=1S/C17H17N3/c18-10-14-9-13-3-1-2-4-15(13)19-17(14)20-16(11-5-6-11)12-7-8-12/h1-4,9,11-12,16H,5-8H2,(H,19,20). The van der Waals surface area contributed by atoms with E-state index in [1.807, 2.05) is 30.3 Å². The van der Waals surface area contributed by atoms with Crippen LogP contribution in [0.4, 0.5) is 5.82 Å². The molecule has 2 fully saturated rings. The van der Waals surface area contributed by atoms with E-state index in [9.17, 15) is 5.26 Å². The third kappa shape index (κ3) is 2.12. The molecule has 0 aliphatic heterocycles. The number of rotatable bonds is 4. The zero-order valence-electron chi connectivity index (χ0n) is 11.3. The number of aromatic nitrogens is 1. The first-order chi connectivity index (χ1) is 9.85. The maximum Gasteiger partial charge on any atom is 0.144 e. The lowest BCUT2D eigenvalue weighted by Gasteiger charge is -2.19. The van der Waals surface area contributed by atoms with Gasteiger partial charge in [-0.25, -0.2) is 4.98 Å². The van der Waals surface area contributed by atoms with E-state index in [2.05, 4.69) is 16.4 Å². The molecule has 1 N–H and O–H groups in total. The largest absolute Gasteiger partial charge is 0.366 e. The number of pyridine rings is 1. The van der Waals surface area contributed by atoms with E-state index in [1.54, 1.807) is 0 Å². The molecule has 2 aliphatic rings. The van der Waals surface area contributed by atoms with Crippen molar-refractivity contribution in [2.75, 3.05) is 5.32 Å². The topological polar surface area (TPSA) is 48.7 Å². The SMILES string of the molecule is N#Cc1cc2ccccc2nc1NC(C1CC1)C1CC1. The van der Waals surface area contributed by atoms with Crippen LogP contribution >= 0.6 is 0 Å². The number of nitrogens with zero attached hydrogens (tertiary/aromatic N) is 2. The van der Waals surface area contributed by atoms with Gasteiger partial charge in [-0.15, -0.1) is 0 Å². The summed E-state index contributed by atoms with van der Waals surface area (Å²) in [5.41, 5.74) is 1.62. The number of para-hydroxylation sites is 1. The Morgan fingerprint density at radius 1 is 1.15 bits per heavy atom. The van der Waals surface area contributed by atoms with Crippen molar-refractivity contribution in [3.63, 3.8) is 0 Å². The second kappa shape index (κ2) is 4.49. The molecule has 3 heteroatoms. The molecule has 0 radical (unpaired) electrons. The number of anilines is 1. The predicted octanol–water partition coefficient (Wildman–Crippen LogP) is 3.71. The molecule has 3 nitrogen and oxygen atoms in total. The summed E-state index contributed by atoms with van der Waals surface area (Å²) in [6.45, 7) is 0. The number of hydrogen-bond acceptors (Lipinski definition) is 3. The van der Waals surface area contributed by atoms with E-state index in [0.29, 0.717) is 11.6 Å². The normalized spacial score (nSPS) is 18.2. The molecule has 2 saturated carbocycles. The molecule has 0 amide bonds. The highest BCUT2D eigenvalue weighted by Crippen LogP contribution is 2.46. The van der Waals surface area contributed by atoms with Crippen molar-refractivity contribution in [2.24, 2.45) is 11.8 Å². The molecule has 100 valence electrons. The van der Waals surface area contributed by atoms with Crippen molar-refractivity contribution in [3.05, 3.63) is 35.9 Å². The summed E-state index contributed by atoms with van der Waals surface area (Å²) in [4.78, 5) is 4.67. The molecule has 1 aromatic carbocycles.